The SMILES string of the molecule is CCCCCCCC/C=C\C/C=C\C/C=C\CCCC(=O)OC[C@H](COP(=O)([O-])OCC[N+](C)(C)C)OC(=O)CCCCCC[C@H]1C(=O)C[C@@H](O)[C@@H]1/C=C/[C@@H](O)CCCCC. The molecule has 0 radical (unpaired) electrons. The number of carbonyl (C=O) groups excluding carboxylic acids is 3. The lowest BCUT2D eigenvalue weighted by molar-refractivity contribution is -0.870. The molecular formula is C48H84NO11P. The maximum atomic E-state index is 12.8. The molecule has 6 atom stereocenters. The first kappa shape index (κ1) is 56.6. The van der Waals surface area contributed by atoms with E-state index in [4.69, 9.17) is 18.5 Å². The van der Waals surface area contributed by atoms with Gasteiger partial charge < -0.3 is 38.1 Å². The van der Waals surface area contributed by atoms with Crippen LogP contribution < -0.4 is 4.89 Å². The van der Waals surface area contributed by atoms with Crippen LogP contribution in [-0.4, -0.2) is 98.2 Å². The topological polar surface area (TPSA) is 169 Å². The van der Waals surface area contributed by atoms with E-state index in [-0.39, 0.29) is 50.1 Å². The van der Waals surface area contributed by atoms with E-state index in [1.165, 1.54) is 38.5 Å². The van der Waals surface area contributed by atoms with E-state index in [9.17, 15) is 34.1 Å². The van der Waals surface area contributed by atoms with Gasteiger partial charge >= 0.3 is 11.9 Å². The molecule has 0 aromatic heterocycles. The summed E-state index contributed by atoms with van der Waals surface area (Å²) in [6.07, 6.45) is 33.3. The third-order valence-electron chi connectivity index (χ3n) is 10.7. The van der Waals surface area contributed by atoms with Crippen LogP contribution in [0.4, 0.5) is 0 Å². The largest absolute Gasteiger partial charge is 0.756 e. The van der Waals surface area contributed by atoms with Crippen molar-refractivity contribution in [2.45, 2.75) is 180 Å². The molecule has 1 saturated carbocycles. The van der Waals surface area contributed by atoms with E-state index in [0.29, 0.717) is 49.6 Å². The fraction of sp³-hybridized carbons (Fsp3) is 0.771. The summed E-state index contributed by atoms with van der Waals surface area (Å²) in [5, 5.41) is 20.8. The number of Topliss-reactive ketones (excluding diaryl/α,β-unsaturated/α-hetero) is 1. The van der Waals surface area contributed by atoms with Gasteiger partial charge in [0.15, 0.2) is 6.10 Å². The summed E-state index contributed by atoms with van der Waals surface area (Å²) in [5.41, 5.74) is 0. The Balaban J connectivity index is 2.49. The molecule has 0 amide bonds. The number of nitrogens with zero attached hydrogens (tertiary/aromatic N) is 1. The van der Waals surface area contributed by atoms with Crippen LogP contribution in [-0.2, 0) is 37.5 Å². The van der Waals surface area contributed by atoms with Gasteiger partial charge in [-0.1, -0.05) is 133 Å². The first-order valence-electron chi connectivity index (χ1n) is 23.4. The van der Waals surface area contributed by atoms with Gasteiger partial charge in [0.2, 0.25) is 0 Å². The number of ether oxygens (including phenoxy) is 2. The van der Waals surface area contributed by atoms with Gasteiger partial charge in [0.05, 0.1) is 40.0 Å². The lowest BCUT2D eigenvalue weighted by Gasteiger charge is -2.28. The summed E-state index contributed by atoms with van der Waals surface area (Å²) in [4.78, 5) is 50.4. The van der Waals surface area contributed by atoms with Crippen molar-refractivity contribution in [1.29, 1.82) is 0 Å². The van der Waals surface area contributed by atoms with Crippen LogP contribution in [0.2, 0.25) is 0 Å². The Kier molecular flexibility index (Phi) is 32.4. The van der Waals surface area contributed by atoms with Crippen LogP contribution >= 0.6 is 7.82 Å². The summed E-state index contributed by atoms with van der Waals surface area (Å²) in [6.45, 7) is 3.78. The molecule has 2 N–H and O–H groups in total. The predicted molar refractivity (Wildman–Crippen MR) is 241 cm³/mol. The fourth-order valence-corrected chi connectivity index (χ4v) is 7.71. The Bertz CT molecular complexity index is 1340. The predicted octanol–water partition coefficient (Wildman–Crippen LogP) is 9.42. The Morgan fingerprint density at radius 2 is 1.38 bits per heavy atom. The van der Waals surface area contributed by atoms with Gasteiger partial charge in [-0.25, -0.2) is 0 Å². The quantitative estimate of drug-likeness (QED) is 0.0199. The van der Waals surface area contributed by atoms with E-state index in [2.05, 4.69) is 44.2 Å². The smallest absolute Gasteiger partial charge is 0.306 e. The van der Waals surface area contributed by atoms with Gasteiger partial charge in [-0.15, -0.1) is 0 Å². The molecule has 1 rings (SSSR count). The zero-order valence-electron chi connectivity index (χ0n) is 38.6. The third-order valence-corrected chi connectivity index (χ3v) is 11.7. The van der Waals surface area contributed by atoms with E-state index >= 15 is 0 Å². The first-order chi connectivity index (χ1) is 29.2. The van der Waals surface area contributed by atoms with E-state index in [1.54, 1.807) is 6.08 Å². The minimum absolute atomic E-state index is 0.0365. The summed E-state index contributed by atoms with van der Waals surface area (Å²) in [6, 6.07) is 0. The molecule has 0 saturated heterocycles. The summed E-state index contributed by atoms with van der Waals surface area (Å²) in [5.74, 6) is -1.63. The van der Waals surface area contributed by atoms with Crippen molar-refractivity contribution in [2.75, 3.05) is 47.5 Å². The van der Waals surface area contributed by atoms with Crippen LogP contribution in [0.5, 0.6) is 0 Å². The maximum Gasteiger partial charge on any atom is 0.306 e. The van der Waals surface area contributed by atoms with Crippen LogP contribution in [0.25, 0.3) is 0 Å². The fourth-order valence-electron chi connectivity index (χ4n) is 6.98. The molecule has 1 fully saturated rings. The molecule has 1 aliphatic rings. The Labute approximate surface area is 369 Å². The Morgan fingerprint density at radius 3 is 2.07 bits per heavy atom. The van der Waals surface area contributed by atoms with E-state index < -0.39 is 44.7 Å². The van der Waals surface area contributed by atoms with Gasteiger partial charge in [0.1, 0.15) is 25.5 Å². The molecule has 1 aliphatic carbocycles. The molecule has 0 aromatic carbocycles. The van der Waals surface area contributed by atoms with Gasteiger partial charge in [0.25, 0.3) is 7.82 Å². The number of phosphoric ester groups is 1. The maximum absolute atomic E-state index is 12.8. The molecule has 61 heavy (non-hydrogen) atoms. The number of quaternary nitrogens is 1. The van der Waals surface area contributed by atoms with Crippen LogP contribution in [0.3, 0.4) is 0 Å². The number of aliphatic hydroxyl groups is 2. The number of esters is 2. The highest BCUT2D eigenvalue weighted by Gasteiger charge is 2.39. The molecule has 0 bridgehead atoms. The molecular weight excluding hydrogens is 797 g/mol. The summed E-state index contributed by atoms with van der Waals surface area (Å²) < 4.78 is 33.8. The number of carbonyl (C=O) groups is 3. The molecule has 0 heterocycles. The average molecular weight is 882 g/mol. The number of phosphoric acid groups is 1. The zero-order valence-corrected chi connectivity index (χ0v) is 39.5. The number of hydrogen-bond donors (Lipinski definition) is 2. The number of allylic oxidation sites excluding steroid dienone is 6. The van der Waals surface area contributed by atoms with Gasteiger partial charge in [0, 0.05) is 31.1 Å². The molecule has 0 spiro atoms. The normalized spacial score (nSPS) is 19.4. The minimum atomic E-state index is -4.71. The number of unbranched alkanes of at least 4 members (excludes halogenated alkanes) is 12. The Morgan fingerprint density at radius 1 is 0.787 bits per heavy atom. The monoisotopic (exact) mass is 882 g/mol. The summed E-state index contributed by atoms with van der Waals surface area (Å²) in [7, 11) is 0.988. The highest BCUT2D eigenvalue weighted by atomic mass is 31.2. The second-order valence-corrected chi connectivity index (χ2v) is 19.0. The second-order valence-electron chi connectivity index (χ2n) is 17.5. The molecule has 352 valence electrons. The highest BCUT2D eigenvalue weighted by Crippen LogP contribution is 2.38. The Hall–Kier alpha value is -2.44. The second kappa shape index (κ2) is 35.0. The third kappa shape index (κ3) is 32.0. The van der Waals surface area contributed by atoms with Crippen LogP contribution in [0.1, 0.15) is 162 Å². The van der Waals surface area contributed by atoms with Crippen LogP contribution in [0, 0.1) is 11.8 Å². The van der Waals surface area contributed by atoms with E-state index in [1.807, 2.05) is 33.3 Å². The first-order valence-corrected chi connectivity index (χ1v) is 24.9. The van der Waals surface area contributed by atoms with Gasteiger partial charge in [-0.3, -0.25) is 18.9 Å². The lowest BCUT2D eigenvalue weighted by atomic mass is 9.88. The lowest BCUT2D eigenvalue weighted by Crippen LogP contribution is -2.37. The number of ketones is 1. The van der Waals surface area contributed by atoms with Crippen molar-refractivity contribution >= 4 is 25.5 Å². The van der Waals surface area contributed by atoms with Crippen molar-refractivity contribution < 1.29 is 57.1 Å². The van der Waals surface area contributed by atoms with E-state index in [0.717, 1.165) is 51.4 Å². The van der Waals surface area contributed by atoms with Crippen molar-refractivity contribution in [3.63, 3.8) is 0 Å². The van der Waals surface area contributed by atoms with Crippen molar-refractivity contribution in [1.82, 2.24) is 0 Å². The van der Waals surface area contributed by atoms with Crippen molar-refractivity contribution in [3.8, 4) is 0 Å². The van der Waals surface area contributed by atoms with Crippen molar-refractivity contribution in [3.05, 3.63) is 48.6 Å². The molecule has 0 aromatic rings. The average Bonchev–Trinajstić information content (AvgIpc) is 3.47. The van der Waals surface area contributed by atoms with Gasteiger partial charge in [-0.2, -0.15) is 0 Å². The zero-order chi connectivity index (χ0) is 45.2. The molecule has 0 aliphatic heterocycles. The standard InChI is InChI=1S/C48H84NO11P/c1-6-8-10-11-12-13-14-15-16-17-18-19-20-21-22-23-28-32-47(53)57-39-42(40-59-61(55,56)58-37-36-49(3,4)5)60-48(54)33-29-25-24-27-31-43-44(46(52)38-45(43)51)35-34-41(50)30-26-9-7-2/h15-16,18-19,21-22,34-35,41-44,46,50,52H,6-14,17,20,23-33,36-40H2,1-5H3/b16-15-,19-18-,22-21-,35-34+/t41-,42+,43+,44+,46+/m0/s1. The minimum Gasteiger partial charge on any atom is -0.756 e. The highest BCUT2D eigenvalue weighted by molar-refractivity contribution is 7.45. The van der Waals surface area contributed by atoms with Gasteiger partial charge in [-0.05, 0) is 57.8 Å². The number of hydrogen-bond acceptors (Lipinski definition) is 11. The van der Waals surface area contributed by atoms with Crippen LogP contribution in [0.15, 0.2) is 48.6 Å². The number of likely N-dealkylation sites (N-methyl/N-ethyl adjacent to an activating group) is 1. The molecule has 13 heteroatoms. The summed E-state index contributed by atoms with van der Waals surface area (Å²) >= 11 is 0. The molecule has 12 nitrogen and oxygen atoms in total. The molecule has 1 unspecified atom stereocenters. The van der Waals surface area contributed by atoms with Crippen molar-refractivity contribution in [2.24, 2.45) is 11.8 Å². The number of aliphatic hydroxyl groups excluding tert-OH is 2. The number of rotatable bonds is 38.